The summed E-state index contributed by atoms with van der Waals surface area (Å²) in [7, 11) is 0. The zero-order valence-corrected chi connectivity index (χ0v) is 14.8. The summed E-state index contributed by atoms with van der Waals surface area (Å²) in [5.41, 5.74) is 0.862. The van der Waals surface area contributed by atoms with Crippen LogP contribution in [0.25, 0.3) is 0 Å². The lowest BCUT2D eigenvalue weighted by Gasteiger charge is -2.33. The van der Waals surface area contributed by atoms with Gasteiger partial charge >= 0.3 is 0 Å². The zero-order valence-electron chi connectivity index (χ0n) is 14.0. The molecule has 1 N–H and O–H groups in total. The van der Waals surface area contributed by atoms with Gasteiger partial charge in [0.15, 0.2) is 0 Å². The normalized spacial score (nSPS) is 26.3. The summed E-state index contributed by atoms with van der Waals surface area (Å²) in [6.07, 6.45) is 5.31. The molecule has 0 bridgehead atoms. The smallest absolute Gasteiger partial charge is 0.249 e. The number of fused-ring (bicyclic) bond motifs is 1. The van der Waals surface area contributed by atoms with Crippen LogP contribution < -0.4 is 5.32 Å². The molecule has 2 saturated heterocycles. The maximum absolute atomic E-state index is 12.4. The maximum Gasteiger partial charge on any atom is 0.249 e. The Labute approximate surface area is 151 Å². The molecule has 0 spiro atoms. The van der Waals surface area contributed by atoms with Crippen LogP contribution in [0, 0.1) is 5.92 Å². The lowest BCUT2D eigenvalue weighted by Crippen LogP contribution is -2.42. The van der Waals surface area contributed by atoms with Crippen LogP contribution in [0.15, 0.2) is 36.0 Å². The minimum absolute atomic E-state index is 0.0217. The molecule has 7 heteroatoms. The number of hydrogen-bond acceptors (Lipinski definition) is 6. The molecule has 2 aromatic heterocycles. The fraction of sp³-hybridized carbons (Fsp3) is 0.500. The third kappa shape index (κ3) is 4.05. The van der Waals surface area contributed by atoms with E-state index in [1.165, 1.54) is 0 Å². The number of nitrogens with one attached hydrogen (secondary N) is 1. The topological polar surface area (TPSA) is 67.4 Å². The Morgan fingerprint density at radius 3 is 3.12 bits per heavy atom. The highest BCUT2D eigenvalue weighted by atomic mass is 32.1. The Morgan fingerprint density at radius 2 is 2.32 bits per heavy atom. The van der Waals surface area contributed by atoms with Gasteiger partial charge in [0.05, 0.1) is 24.9 Å². The Morgan fingerprint density at radius 1 is 1.36 bits per heavy atom. The summed E-state index contributed by atoms with van der Waals surface area (Å²) in [5.74, 6) is 0.463. The van der Waals surface area contributed by atoms with Gasteiger partial charge < -0.3 is 10.1 Å². The van der Waals surface area contributed by atoms with Gasteiger partial charge in [0, 0.05) is 24.3 Å². The molecule has 0 aromatic carbocycles. The van der Waals surface area contributed by atoms with E-state index in [-0.39, 0.29) is 18.1 Å². The van der Waals surface area contributed by atoms with E-state index in [0.717, 1.165) is 43.2 Å². The Kier molecular flexibility index (Phi) is 5.05. The third-order valence-corrected chi connectivity index (χ3v) is 5.70. The second kappa shape index (κ2) is 7.59. The number of hydrogen-bond donors (Lipinski definition) is 1. The fourth-order valence-corrected chi connectivity index (χ4v) is 4.28. The molecule has 132 valence electrons. The van der Waals surface area contributed by atoms with Crippen LogP contribution in [0.4, 0.5) is 0 Å². The van der Waals surface area contributed by atoms with E-state index >= 15 is 0 Å². The van der Waals surface area contributed by atoms with Gasteiger partial charge in [-0.1, -0.05) is 6.07 Å². The second-order valence-electron chi connectivity index (χ2n) is 6.65. The van der Waals surface area contributed by atoms with Gasteiger partial charge in [-0.05, 0) is 37.4 Å². The van der Waals surface area contributed by atoms with E-state index in [1.54, 1.807) is 17.5 Å². The number of nitrogens with zero attached hydrogens (tertiary/aromatic N) is 3. The molecule has 0 radical (unpaired) electrons. The summed E-state index contributed by atoms with van der Waals surface area (Å²) in [6.45, 7) is 3.26. The van der Waals surface area contributed by atoms with E-state index in [1.807, 2.05) is 29.8 Å². The van der Waals surface area contributed by atoms with Crippen LogP contribution in [0.3, 0.4) is 0 Å². The molecule has 1 amide bonds. The Bertz CT molecular complexity index is 694. The summed E-state index contributed by atoms with van der Waals surface area (Å²) in [6, 6.07) is 5.70. The Hall–Kier alpha value is -1.83. The highest BCUT2D eigenvalue weighted by molar-refractivity contribution is 7.09. The average molecular weight is 358 g/mol. The van der Waals surface area contributed by atoms with Crippen LogP contribution in [0.1, 0.15) is 23.5 Å². The molecular formula is C18H22N4O2S. The lowest BCUT2D eigenvalue weighted by atomic mass is 9.91. The van der Waals surface area contributed by atoms with Crippen molar-refractivity contribution in [2.45, 2.75) is 38.1 Å². The molecule has 2 aromatic rings. The minimum atomic E-state index is -0.335. The third-order valence-electron chi connectivity index (χ3n) is 4.94. The number of aromatic nitrogens is 2. The van der Waals surface area contributed by atoms with E-state index in [2.05, 4.69) is 20.2 Å². The number of carbonyl (C=O) groups is 1. The molecule has 6 nitrogen and oxygen atoms in total. The minimum Gasteiger partial charge on any atom is -0.364 e. The van der Waals surface area contributed by atoms with Crippen LogP contribution in [0.5, 0.6) is 0 Å². The van der Waals surface area contributed by atoms with Crippen molar-refractivity contribution in [2.75, 3.05) is 13.1 Å². The van der Waals surface area contributed by atoms with E-state index < -0.39 is 0 Å². The lowest BCUT2D eigenvalue weighted by molar-refractivity contribution is -0.133. The summed E-state index contributed by atoms with van der Waals surface area (Å²) in [5, 5.41) is 6.10. The largest absolute Gasteiger partial charge is 0.364 e. The highest BCUT2D eigenvalue weighted by Crippen LogP contribution is 2.33. The molecule has 3 atom stereocenters. The van der Waals surface area contributed by atoms with Gasteiger partial charge in [-0.15, -0.1) is 11.3 Å². The number of pyridine rings is 1. The number of thiazole rings is 1. The number of ether oxygens (including phenoxy) is 1. The van der Waals surface area contributed by atoms with Crippen LogP contribution in [0.2, 0.25) is 0 Å². The van der Waals surface area contributed by atoms with Crippen molar-refractivity contribution >= 4 is 17.2 Å². The monoisotopic (exact) mass is 358 g/mol. The van der Waals surface area contributed by atoms with Gasteiger partial charge in [0.25, 0.3) is 0 Å². The predicted octanol–water partition coefficient (Wildman–Crippen LogP) is 1.83. The van der Waals surface area contributed by atoms with E-state index in [0.29, 0.717) is 12.5 Å². The molecule has 0 aliphatic carbocycles. The number of carbonyl (C=O) groups excluding carboxylic acids is 1. The summed E-state index contributed by atoms with van der Waals surface area (Å²) < 4.78 is 6.07. The van der Waals surface area contributed by atoms with Gasteiger partial charge in [-0.2, -0.15) is 0 Å². The van der Waals surface area contributed by atoms with Gasteiger partial charge in [-0.25, -0.2) is 4.98 Å². The first-order chi connectivity index (χ1) is 12.3. The molecule has 4 rings (SSSR count). The number of rotatable bonds is 5. The number of piperidine rings is 1. The van der Waals surface area contributed by atoms with Crippen molar-refractivity contribution < 1.29 is 9.53 Å². The van der Waals surface area contributed by atoms with Crippen LogP contribution in [-0.2, 0) is 22.6 Å². The SMILES string of the molecule is O=C(NCc1ccccn1)[C@@H]1C[C@@H]2CCN(Cc3nccs3)C[C@@H]2O1. The average Bonchev–Trinajstić information content (AvgIpc) is 3.30. The maximum atomic E-state index is 12.4. The zero-order chi connectivity index (χ0) is 17.1. The van der Waals surface area contributed by atoms with E-state index in [4.69, 9.17) is 4.74 Å². The molecule has 4 heterocycles. The van der Waals surface area contributed by atoms with Crippen LogP contribution >= 0.6 is 11.3 Å². The quantitative estimate of drug-likeness (QED) is 0.883. The molecule has 25 heavy (non-hydrogen) atoms. The summed E-state index contributed by atoms with van der Waals surface area (Å²) >= 11 is 1.69. The van der Waals surface area contributed by atoms with Crippen molar-refractivity contribution in [3.63, 3.8) is 0 Å². The number of likely N-dealkylation sites (tertiary alicyclic amines) is 1. The fourth-order valence-electron chi connectivity index (χ4n) is 3.62. The second-order valence-corrected chi connectivity index (χ2v) is 7.63. The first kappa shape index (κ1) is 16.6. The van der Waals surface area contributed by atoms with Crippen molar-refractivity contribution in [3.8, 4) is 0 Å². The Balaban J connectivity index is 1.28. The molecule has 0 unspecified atom stereocenters. The first-order valence-corrected chi connectivity index (χ1v) is 9.59. The van der Waals surface area contributed by atoms with Gasteiger partial charge in [0.1, 0.15) is 11.1 Å². The standard InChI is InChI=1S/C18H22N4O2S/c23-18(21-10-14-3-1-2-5-19-14)15-9-13-4-7-22(11-16(13)24-15)12-17-20-6-8-25-17/h1-3,5-6,8,13,15-16H,4,7,9-12H2,(H,21,23)/t13-,15-,16-/m0/s1. The van der Waals surface area contributed by atoms with Crippen molar-refractivity contribution in [2.24, 2.45) is 5.92 Å². The molecular weight excluding hydrogens is 336 g/mol. The molecule has 2 aliphatic rings. The van der Waals surface area contributed by atoms with Crippen molar-refractivity contribution in [3.05, 3.63) is 46.7 Å². The number of amides is 1. The molecule has 2 aliphatic heterocycles. The molecule has 2 fully saturated rings. The highest BCUT2D eigenvalue weighted by Gasteiger charge is 2.41. The van der Waals surface area contributed by atoms with Crippen molar-refractivity contribution in [1.82, 2.24) is 20.2 Å². The van der Waals surface area contributed by atoms with Crippen LogP contribution in [-0.4, -0.2) is 46.1 Å². The predicted molar refractivity (Wildman–Crippen MR) is 94.9 cm³/mol. The van der Waals surface area contributed by atoms with E-state index in [9.17, 15) is 4.79 Å². The first-order valence-electron chi connectivity index (χ1n) is 8.72. The van der Waals surface area contributed by atoms with Gasteiger partial charge in [0.2, 0.25) is 5.91 Å². The summed E-state index contributed by atoms with van der Waals surface area (Å²) in [4.78, 5) is 23.4. The molecule has 0 saturated carbocycles. The van der Waals surface area contributed by atoms with Gasteiger partial charge in [-0.3, -0.25) is 14.7 Å². The van der Waals surface area contributed by atoms with Crippen molar-refractivity contribution in [1.29, 1.82) is 0 Å².